The third kappa shape index (κ3) is 2.96. The first-order valence-corrected chi connectivity index (χ1v) is 6.85. The number of benzene rings is 2. The molecule has 0 radical (unpaired) electrons. The van der Waals surface area contributed by atoms with Gasteiger partial charge in [0.2, 0.25) is 0 Å². The molecule has 2 aromatic carbocycles. The maximum atomic E-state index is 13.7. The molecule has 0 aliphatic heterocycles. The van der Waals surface area contributed by atoms with Gasteiger partial charge in [0, 0.05) is 17.0 Å². The van der Waals surface area contributed by atoms with E-state index >= 15 is 0 Å². The summed E-state index contributed by atoms with van der Waals surface area (Å²) in [4.78, 5) is 12.3. The molecular formula is C16H19FN2O. The third-order valence-corrected chi connectivity index (χ3v) is 3.46. The number of amides is 1. The maximum absolute atomic E-state index is 13.7. The molecule has 0 saturated heterocycles. The maximum Gasteiger partial charge on any atom is 0.252 e. The van der Waals surface area contributed by atoms with Gasteiger partial charge >= 0.3 is 0 Å². The number of nitrogens with one attached hydrogen (secondary N) is 1. The summed E-state index contributed by atoms with van der Waals surface area (Å²) in [7, 11) is 0. The molecule has 0 bridgehead atoms. The molecule has 2 rings (SSSR count). The van der Waals surface area contributed by atoms with Gasteiger partial charge in [0.05, 0.1) is 0 Å². The monoisotopic (exact) mass is 274 g/mol. The van der Waals surface area contributed by atoms with E-state index in [9.17, 15) is 9.18 Å². The Hall–Kier alpha value is -1.94. The number of nitrogens with two attached hydrogens (primary N) is 1. The first-order chi connectivity index (χ1) is 9.67. The van der Waals surface area contributed by atoms with Crippen LogP contribution in [-0.4, -0.2) is 18.5 Å². The second-order valence-corrected chi connectivity index (χ2v) is 4.80. The predicted molar refractivity (Wildman–Crippen MR) is 79.1 cm³/mol. The lowest BCUT2D eigenvalue weighted by molar-refractivity contribution is 0.0936. The molecule has 20 heavy (non-hydrogen) atoms. The second kappa shape index (κ2) is 6.48. The SMILES string of the molecule is CCC(CCN)NC(=O)c1ccc(F)c2ccccc12. The Morgan fingerprint density at radius 1 is 1.25 bits per heavy atom. The van der Waals surface area contributed by atoms with Crippen molar-refractivity contribution in [1.29, 1.82) is 0 Å². The van der Waals surface area contributed by atoms with Gasteiger partial charge in [-0.2, -0.15) is 0 Å². The van der Waals surface area contributed by atoms with Crippen LogP contribution in [0.2, 0.25) is 0 Å². The topological polar surface area (TPSA) is 55.1 Å². The molecule has 0 heterocycles. The van der Waals surface area contributed by atoms with E-state index in [-0.39, 0.29) is 17.8 Å². The van der Waals surface area contributed by atoms with Gasteiger partial charge in [-0.3, -0.25) is 4.79 Å². The fraction of sp³-hybridized carbons (Fsp3) is 0.312. The molecule has 0 aliphatic rings. The number of carbonyl (C=O) groups excluding carboxylic acids is 1. The fourth-order valence-electron chi connectivity index (χ4n) is 2.30. The molecule has 0 aromatic heterocycles. The quantitative estimate of drug-likeness (QED) is 0.881. The third-order valence-electron chi connectivity index (χ3n) is 3.46. The van der Waals surface area contributed by atoms with Gasteiger partial charge in [-0.25, -0.2) is 4.39 Å². The minimum absolute atomic E-state index is 0.0521. The Morgan fingerprint density at radius 2 is 1.95 bits per heavy atom. The first-order valence-electron chi connectivity index (χ1n) is 6.85. The highest BCUT2D eigenvalue weighted by molar-refractivity contribution is 6.07. The van der Waals surface area contributed by atoms with Crippen LogP contribution in [0.15, 0.2) is 36.4 Å². The molecule has 0 spiro atoms. The number of carbonyl (C=O) groups is 1. The highest BCUT2D eigenvalue weighted by atomic mass is 19.1. The second-order valence-electron chi connectivity index (χ2n) is 4.80. The minimum atomic E-state index is -0.314. The summed E-state index contributed by atoms with van der Waals surface area (Å²) in [6, 6.07) is 9.92. The summed E-state index contributed by atoms with van der Waals surface area (Å²) >= 11 is 0. The largest absolute Gasteiger partial charge is 0.349 e. The van der Waals surface area contributed by atoms with E-state index in [1.165, 1.54) is 12.1 Å². The van der Waals surface area contributed by atoms with Crippen molar-refractivity contribution >= 4 is 16.7 Å². The van der Waals surface area contributed by atoms with Crippen molar-refractivity contribution in [2.75, 3.05) is 6.54 Å². The van der Waals surface area contributed by atoms with Crippen molar-refractivity contribution < 1.29 is 9.18 Å². The lowest BCUT2D eigenvalue weighted by atomic mass is 10.0. The van der Waals surface area contributed by atoms with Crippen LogP contribution in [0.4, 0.5) is 4.39 Å². The van der Waals surface area contributed by atoms with E-state index in [1.807, 2.05) is 6.92 Å². The van der Waals surface area contributed by atoms with Crippen LogP contribution in [0.1, 0.15) is 30.1 Å². The van der Waals surface area contributed by atoms with Crippen LogP contribution < -0.4 is 11.1 Å². The summed E-state index contributed by atoms with van der Waals surface area (Å²) < 4.78 is 13.7. The van der Waals surface area contributed by atoms with Crippen LogP contribution in [0.25, 0.3) is 10.8 Å². The number of rotatable bonds is 5. The highest BCUT2D eigenvalue weighted by Gasteiger charge is 2.15. The van der Waals surface area contributed by atoms with Gasteiger partial charge in [-0.1, -0.05) is 31.2 Å². The van der Waals surface area contributed by atoms with Gasteiger partial charge in [0.15, 0.2) is 0 Å². The van der Waals surface area contributed by atoms with E-state index in [0.29, 0.717) is 22.9 Å². The molecular weight excluding hydrogens is 255 g/mol. The van der Waals surface area contributed by atoms with Gasteiger partial charge < -0.3 is 11.1 Å². The molecule has 1 amide bonds. The van der Waals surface area contributed by atoms with E-state index in [1.54, 1.807) is 24.3 Å². The fourth-order valence-corrected chi connectivity index (χ4v) is 2.30. The Bertz CT molecular complexity index is 612. The zero-order chi connectivity index (χ0) is 14.5. The van der Waals surface area contributed by atoms with Crippen LogP contribution in [0.3, 0.4) is 0 Å². The van der Waals surface area contributed by atoms with Crippen molar-refractivity contribution in [3.8, 4) is 0 Å². The smallest absolute Gasteiger partial charge is 0.252 e. The average molecular weight is 274 g/mol. The number of hydrogen-bond acceptors (Lipinski definition) is 2. The summed E-state index contributed by atoms with van der Waals surface area (Å²) in [5, 5.41) is 4.05. The molecule has 3 N–H and O–H groups in total. The van der Waals surface area contributed by atoms with Gasteiger partial charge in [-0.05, 0) is 36.9 Å². The molecule has 2 aromatic rings. The first kappa shape index (κ1) is 14.5. The Kier molecular flexibility index (Phi) is 4.69. The Balaban J connectivity index is 2.33. The lowest BCUT2D eigenvalue weighted by Gasteiger charge is -2.17. The lowest BCUT2D eigenvalue weighted by Crippen LogP contribution is -2.36. The number of halogens is 1. The summed E-state index contributed by atoms with van der Waals surface area (Å²) in [6.07, 6.45) is 1.56. The molecule has 1 unspecified atom stereocenters. The zero-order valence-corrected chi connectivity index (χ0v) is 11.5. The Labute approximate surface area is 118 Å². The summed E-state index contributed by atoms with van der Waals surface area (Å²) in [5.41, 5.74) is 6.03. The van der Waals surface area contributed by atoms with E-state index in [0.717, 1.165) is 12.8 Å². The van der Waals surface area contributed by atoms with Crippen molar-refractivity contribution in [2.24, 2.45) is 5.73 Å². The predicted octanol–water partition coefficient (Wildman–Crippen LogP) is 2.84. The van der Waals surface area contributed by atoms with Crippen molar-refractivity contribution in [3.63, 3.8) is 0 Å². The van der Waals surface area contributed by atoms with Gasteiger partial charge in [0.25, 0.3) is 5.91 Å². The summed E-state index contributed by atoms with van der Waals surface area (Å²) in [5.74, 6) is -0.493. The van der Waals surface area contributed by atoms with E-state index in [4.69, 9.17) is 5.73 Å². The minimum Gasteiger partial charge on any atom is -0.349 e. The van der Waals surface area contributed by atoms with Crippen molar-refractivity contribution in [2.45, 2.75) is 25.8 Å². The molecule has 1 atom stereocenters. The van der Waals surface area contributed by atoms with Gasteiger partial charge in [-0.15, -0.1) is 0 Å². The van der Waals surface area contributed by atoms with Gasteiger partial charge in [0.1, 0.15) is 5.82 Å². The number of hydrogen-bond donors (Lipinski definition) is 2. The number of fused-ring (bicyclic) bond motifs is 1. The highest BCUT2D eigenvalue weighted by Crippen LogP contribution is 2.22. The van der Waals surface area contributed by atoms with E-state index < -0.39 is 0 Å². The van der Waals surface area contributed by atoms with Crippen molar-refractivity contribution in [1.82, 2.24) is 5.32 Å². The van der Waals surface area contributed by atoms with Crippen LogP contribution in [0, 0.1) is 5.82 Å². The molecule has 0 saturated carbocycles. The average Bonchev–Trinajstić information content (AvgIpc) is 2.47. The van der Waals surface area contributed by atoms with Crippen LogP contribution in [-0.2, 0) is 0 Å². The standard InChI is InChI=1S/C16H19FN2O/c1-2-11(9-10-18)19-16(20)14-7-8-15(17)13-6-4-3-5-12(13)14/h3-8,11H,2,9-10,18H2,1H3,(H,19,20). The molecule has 4 heteroatoms. The zero-order valence-electron chi connectivity index (χ0n) is 11.5. The normalized spacial score (nSPS) is 12.3. The molecule has 106 valence electrons. The summed E-state index contributed by atoms with van der Waals surface area (Å²) in [6.45, 7) is 2.53. The molecule has 3 nitrogen and oxygen atoms in total. The molecule has 0 aliphatic carbocycles. The van der Waals surface area contributed by atoms with Crippen molar-refractivity contribution in [3.05, 3.63) is 47.8 Å². The Morgan fingerprint density at radius 3 is 2.60 bits per heavy atom. The van der Waals surface area contributed by atoms with Crippen LogP contribution in [0.5, 0.6) is 0 Å². The van der Waals surface area contributed by atoms with E-state index in [2.05, 4.69) is 5.32 Å². The van der Waals surface area contributed by atoms with Crippen LogP contribution >= 0.6 is 0 Å². The molecule has 0 fully saturated rings.